The van der Waals surface area contributed by atoms with Crippen LogP contribution in [0.1, 0.15) is 30.9 Å². The second-order valence-corrected chi connectivity index (χ2v) is 6.27. The molecule has 0 bridgehead atoms. The summed E-state index contributed by atoms with van der Waals surface area (Å²) in [5.74, 6) is 0.264. The van der Waals surface area contributed by atoms with Gasteiger partial charge in [0.1, 0.15) is 5.54 Å². The zero-order chi connectivity index (χ0) is 12.8. The van der Waals surface area contributed by atoms with Gasteiger partial charge in [-0.05, 0) is 37.0 Å². The summed E-state index contributed by atoms with van der Waals surface area (Å²) in [7, 11) is 1.89. The molecule has 0 saturated carbocycles. The summed E-state index contributed by atoms with van der Waals surface area (Å²) in [6.45, 7) is 0.872. The van der Waals surface area contributed by atoms with Gasteiger partial charge in [-0.1, -0.05) is 28.1 Å². The van der Waals surface area contributed by atoms with Gasteiger partial charge in [-0.25, -0.2) is 0 Å². The molecule has 0 aliphatic carbocycles. The fourth-order valence-electron chi connectivity index (χ4n) is 3.14. The van der Waals surface area contributed by atoms with Crippen LogP contribution in [0.15, 0.2) is 28.7 Å². The predicted octanol–water partition coefficient (Wildman–Crippen LogP) is 2.47. The van der Waals surface area contributed by atoms with E-state index in [1.54, 1.807) is 0 Å². The van der Waals surface area contributed by atoms with E-state index in [2.05, 4.69) is 39.4 Å². The molecule has 0 aromatic heterocycles. The maximum Gasteiger partial charge on any atom is 0.242 e. The topological polar surface area (TPSA) is 32.3 Å². The largest absolute Gasteiger partial charge is 0.344 e. The predicted molar refractivity (Wildman–Crippen MR) is 74.2 cm³/mol. The van der Waals surface area contributed by atoms with Crippen LogP contribution in [0, 0.1) is 0 Å². The molecule has 2 atom stereocenters. The lowest BCUT2D eigenvalue weighted by Crippen LogP contribution is -2.47. The number of likely N-dealkylation sites (tertiary alicyclic amines) is 1. The van der Waals surface area contributed by atoms with Crippen molar-refractivity contribution in [3.8, 4) is 0 Å². The van der Waals surface area contributed by atoms with Crippen LogP contribution in [0.25, 0.3) is 0 Å². The number of amides is 1. The Kier molecular flexibility index (Phi) is 2.94. The number of rotatable bonds is 1. The number of nitrogens with one attached hydrogen (secondary N) is 1. The molecule has 4 heteroatoms. The van der Waals surface area contributed by atoms with E-state index in [1.165, 1.54) is 5.56 Å². The van der Waals surface area contributed by atoms with E-state index in [1.807, 2.05) is 18.0 Å². The van der Waals surface area contributed by atoms with Gasteiger partial charge in [0.25, 0.3) is 0 Å². The molecule has 1 aromatic rings. The highest BCUT2D eigenvalue weighted by atomic mass is 79.9. The number of benzene rings is 1. The van der Waals surface area contributed by atoms with Crippen molar-refractivity contribution < 1.29 is 4.79 Å². The molecule has 0 unspecified atom stereocenters. The Morgan fingerprint density at radius 3 is 2.94 bits per heavy atom. The van der Waals surface area contributed by atoms with Gasteiger partial charge in [0.2, 0.25) is 5.91 Å². The normalized spacial score (nSPS) is 31.6. The van der Waals surface area contributed by atoms with E-state index in [0.29, 0.717) is 6.04 Å². The number of nitrogens with zero attached hydrogens (tertiary/aromatic N) is 1. The average Bonchev–Trinajstić information content (AvgIpc) is 2.91. The summed E-state index contributed by atoms with van der Waals surface area (Å²) in [5.41, 5.74) is 0.977. The van der Waals surface area contributed by atoms with Gasteiger partial charge < -0.3 is 4.90 Å². The molecule has 2 saturated heterocycles. The zero-order valence-corrected chi connectivity index (χ0v) is 12.0. The second kappa shape index (κ2) is 4.35. The zero-order valence-electron chi connectivity index (χ0n) is 10.4. The molecule has 96 valence electrons. The van der Waals surface area contributed by atoms with Crippen molar-refractivity contribution in [1.29, 1.82) is 0 Å². The van der Waals surface area contributed by atoms with Crippen molar-refractivity contribution >= 4 is 21.8 Å². The van der Waals surface area contributed by atoms with Crippen LogP contribution in [-0.4, -0.2) is 29.9 Å². The third-order valence-corrected chi connectivity index (χ3v) is 4.68. The Labute approximate surface area is 116 Å². The molecule has 3 rings (SSSR count). The van der Waals surface area contributed by atoms with Gasteiger partial charge in [0.15, 0.2) is 0 Å². The van der Waals surface area contributed by atoms with E-state index in [9.17, 15) is 4.79 Å². The van der Waals surface area contributed by atoms with E-state index in [4.69, 9.17) is 0 Å². The summed E-state index contributed by atoms with van der Waals surface area (Å²) in [4.78, 5) is 14.1. The van der Waals surface area contributed by atoms with Crippen LogP contribution in [0.4, 0.5) is 0 Å². The summed E-state index contributed by atoms with van der Waals surface area (Å²) >= 11 is 3.50. The standard InChI is InChI=1S/C14H17BrN2O/c1-17-8-7-14(13(17)18)6-5-12(16-14)10-3-2-4-11(15)9-10/h2-4,9,12,16H,5-8H2,1H3/t12-,14+/m1/s1. The Balaban J connectivity index is 1.82. The number of halogens is 1. The highest BCUT2D eigenvalue weighted by Crippen LogP contribution is 2.39. The number of hydrogen-bond acceptors (Lipinski definition) is 2. The van der Waals surface area contributed by atoms with E-state index < -0.39 is 0 Å². The Morgan fingerprint density at radius 2 is 2.28 bits per heavy atom. The monoisotopic (exact) mass is 308 g/mol. The molecule has 1 N–H and O–H groups in total. The molecule has 18 heavy (non-hydrogen) atoms. The molecule has 2 fully saturated rings. The molecule has 1 amide bonds. The SMILES string of the molecule is CN1CC[C@@]2(CC[C@H](c3cccc(Br)c3)N2)C1=O. The fraction of sp³-hybridized carbons (Fsp3) is 0.500. The van der Waals surface area contributed by atoms with Gasteiger partial charge in [-0.2, -0.15) is 0 Å². The van der Waals surface area contributed by atoms with E-state index in [0.717, 1.165) is 30.3 Å². The molecule has 3 nitrogen and oxygen atoms in total. The molecule has 2 aliphatic heterocycles. The van der Waals surface area contributed by atoms with E-state index >= 15 is 0 Å². The highest BCUT2D eigenvalue weighted by molar-refractivity contribution is 9.10. The fourth-order valence-corrected chi connectivity index (χ4v) is 3.56. The first kappa shape index (κ1) is 12.2. The van der Waals surface area contributed by atoms with Crippen molar-refractivity contribution in [2.75, 3.05) is 13.6 Å². The van der Waals surface area contributed by atoms with Crippen LogP contribution >= 0.6 is 15.9 Å². The molecule has 1 spiro atoms. The van der Waals surface area contributed by atoms with Gasteiger partial charge in [-0.15, -0.1) is 0 Å². The third-order valence-electron chi connectivity index (χ3n) is 4.19. The van der Waals surface area contributed by atoms with Crippen LogP contribution in [-0.2, 0) is 4.79 Å². The summed E-state index contributed by atoms with van der Waals surface area (Å²) in [5, 5.41) is 3.58. The average molecular weight is 309 g/mol. The minimum absolute atomic E-state index is 0.264. The second-order valence-electron chi connectivity index (χ2n) is 5.35. The van der Waals surface area contributed by atoms with Crippen molar-refractivity contribution in [1.82, 2.24) is 10.2 Å². The number of carbonyl (C=O) groups is 1. The quantitative estimate of drug-likeness (QED) is 0.864. The first-order valence-corrected chi connectivity index (χ1v) is 7.19. The number of likely N-dealkylation sites (N-methyl/N-ethyl adjacent to an activating group) is 1. The van der Waals surface area contributed by atoms with Gasteiger partial charge in [0, 0.05) is 24.1 Å². The number of carbonyl (C=O) groups excluding carboxylic acids is 1. The van der Waals surface area contributed by atoms with Crippen molar-refractivity contribution in [3.05, 3.63) is 34.3 Å². The van der Waals surface area contributed by atoms with Gasteiger partial charge in [0.05, 0.1) is 0 Å². The Bertz CT molecular complexity index is 490. The lowest BCUT2D eigenvalue weighted by molar-refractivity contribution is -0.131. The Morgan fingerprint density at radius 1 is 1.44 bits per heavy atom. The molecule has 2 heterocycles. The lowest BCUT2D eigenvalue weighted by Gasteiger charge is -2.23. The summed E-state index contributed by atoms with van der Waals surface area (Å²) in [6.07, 6.45) is 2.93. The van der Waals surface area contributed by atoms with E-state index in [-0.39, 0.29) is 11.4 Å². The molecule has 0 radical (unpaired) electrons. The molecular weight excluding hydrogens is 292 g/mol. The molecule has 2 aliphatic rings. The maximum absolute atomic E-state index is 12.2. The number of hydrogen-bond donors (Lipinski definition) is 1. The third kappa shape index (κ3) is 1.88. The smallest absolute Gasteiger partial charge is 0.242 e. The minimum atomic E-state index is -0.290. The Hall–Kier alpha value is -0.870. The van der Waals surface area contributed by atoms with Crippen molar-refractivity contribution in [3.63, 3.8) is 0 Å². The lowest BCUT2D eigenvalue weighted by atomic mass is 9.96. The highest BCUT2D eigenvalue weighted by Gasteiger charge is 2.49. The molecular formula is C14H17BrN2O. The van der Waals surface area contributed by atoms with Crippen LogP contribution in [0.2, 0.25) is 0 Å². The van der Waals surface area contributed by atoms with Crippen LogP contribution < -0.4 is 5.32 Å². The summed E-state index contributed by atoms with van der Waals surface area (Å²) in [6, 6.07) is 8.65. The van der Waals surface area contributed by atoms with Gasteiger partial charge in [-0.3, -0.25) is 10.1 Å². The first-order chi connectivity index (χ1) is 8.61. The first-order valence-electron chi connectivity index (χ1n) is 6.39. The van der Waals surface area contributed by atoms with Gasteiger partial charge >= 0.3 is 0 Å². The van der Waals surface area contributed by atoms with Crippen LogP contribution in [0.5, 0.6) is 0 Å². The summed E-state index contributed by atoms with van der Waals surface area (Å²) < 4.78 is 1.10. The minimum Gasteiger partial charge on any atom is -0.344 e. The van der Waals surface area contributed by atoms with Crippen molar-refractivity contribution in [2.24, 2.45) is 0 Å². The maximum atomic E-state index is 12.2. The van der Waals surface area contributed by atoms with Crippen LogP contribution in [0.3, 0.4) is 0 Å². The molecule has 1 aromatic carbocycles. The van der Waals surface area contributed by atoms with Crippen molar-refractivity contribution in [2.45, 2.75) is 30.8 Å².